The van der Waals surface area contributed by atoms with E-state index in [0.29, 0.717) is 48.5 Å². The molecule has 5 aliphatic carbocycles. The Kier molecular flexibility index (Phi) is 14.8. The van der Waals surface area contributed by atoms with E-state index < -0.39 is 48.7 Å². The van der Waals surface area contributed by atoms with Crippen LogP contribution in [0.1, 0.15) is 168 Å². The van der Waals surface area contributed by atoms with E-state index in [4.69, 9.17) is 45.8 Å². The average Bonchev–Trinajstić information content (AvgIpc) is 3.28. The molecule has 4 saturated carbocycles. The number of ether oxygens (including phenoxy) is 7. The molecule has 0 aromatic heterocycles. The third kappa shape index (κ3) is 8.28. The van der Waals surface area contributed by atoms with Crippen LogP contribution in [-0.4, -0.2) is 87.0 Å². The lowest BCUT2D eigenvalue weighted by atomic mass is 9.33. The van der Waals surface area contributed by atoms with Gasteiger partial charge in [0.05, 0.1) is 36.4 Å². The number of allylic oxidation sites excluding steroid dienone is 2. The first kappa shape index (κ1) is 52.5. The van der Waals surface area contributed by atoms with Crippen LogP contribution in [0.25, 0.3) is 0 Å². The Morgan fingerprint density at radius 2 is 1.45 bits per heavy atom. The van der Waals surface area contributed by atoms with E-state index in [1.54, 1.807) is 12.5 Å². The minimum Gasteiger partial charge on any atom is -0.381 e. The van der Waals surface area contributed by atoms with Gasteiger partial charge in [0.15, 0.2) is 24.7 Å². The monoisotopic (exact) mass is 955 g/mol. The van der Waals surface area contributed by atoms with E-state index in [0.717, 1.165) is 50.7 Å². The fraction of sp³-hybridized carbons (Fsp3) is 0.930. The smallest absolute Gasteiger partial charge is 0.187 e. The molecule has 0 radical (unpaired) electrons. The van der Waals surface area contributed by atoms with E-state index in [9.17, 15) is 9.59 Å². The Bertz CT molecular complexity index is 1840. The zero-order valence-electron chi connectivity index (χ0n) is 44.7. The van der Waals surface area contributed by atoms with Crippen molar-refractivity contribution in [3.63, 3.8) is 0 Å². The summed E-state index contributed by atoms with van der Waals surface area (Å²) in [4.78, 5) is 27.8. The Morgan fingerprint density at radius 3 is 2.09 bits per heavy atom. The molecule has 0 spiro atoms. The van der Waals surface area contributed by atoms with Gasteiger partial charge in [-0.15, -0.1) is 0 Å². The normalized spacial score (nSPS) is 54.1. The molecule has 7 fully saturated rings. The van der Waals surface area contributed by atoms with Gasteiger partial charge in [-0.3, -0.25) is 4.79 Å². The van der Waals surface area contributed by atoms with E-state index in [2.05, 4.69) is 96.1 Å². The number of hydrogen-bond acceptors (Lipinski definition) is 10. The van der Waals surface area contributed by atoms with Crippen molar-refractivity contribution in [2.45, 2.75) is 224 Å². The Balaban J connectivity index is 1.13. The topological polar surface area (TPSA) is 98.8 Å². The van der Waals surface area contributed by atoms with Crippen molar-refractivity contribution >= 4 is 24.7 Å². The van der Waals surface area contributed by atoms with Gasteiger partial charge in [0, 0.05) is 30.3 Å². The molecule has 9 unspecified atom stereocenters. The summed E-state index contributed by atoms with van der Waals surface area (Å²) >= 11 is 5.12. The van der Waals surface area contributed by atoms with E-state index in [1.807, 2.05) is 14.0 Å². The molecule has 0 amide bonds. The number of Topliss-reactive ketones (excluding diaryl/α,β-unsaturated/α-hetero) is 1. The van der Waals surface area contributed by atoms with Gasteiger partial charge in [0.1, 0.15) is 18.5 Å². The standard InChI is InChI=1S/C57H94O9S/c1-17-41-34(5)33(4)36(7)50(62-41)66-48-47(65-49-35(6)32(3)31(2)28-61-49)37(8)46(38(9)59)64-51(48)63-44-21-22-53(12)42(54(44,13)29-58)20-23-55(14)43(53)19-18-39-40-26-52(10,11)24-25-57(40,30-67)45(60-16)27-56(39,55)15/h18,29,31-37,40-51,67H,17,19-28,30H2,1-16H3/t31-,32+,33+,34-,35?,36?,37-,40?,41?,42-,43?,44+,45?,46?,47+,48?,49+,50+,51-,53?,54-,55+,56-,57-/m1/s1. The molecule has 8 rings (SSSR count). The van der Waals surface area contributed by atoms with Crippen molar-refractivity contribution in [1.82, 2.24) is 0 Å². The predicted molar refractivity (Wildman–Crippen MR) is 266 cm³/mol. The second kappa shape index (κ2) is 18.9. The van der Waals surface area contributed by atoms with Gasteiger partial charge >= 0.3 is 0 Å². The van der Waals surface area contributed by atoms with Gasteiger partial charge < -0.3 is 38.0 Å². The minimum absolute atomic E-state index is 0.0249. The number of aldehydes is 1. The highest BCUT2D eigenvalue weighted by atomic mass is 32.1. The summed E-state index contributed by atoms with van der Waals surface area (Å²) in [7, 11) is 1.94. The van der Waals surface area contributed by atoms with Crippen LogP contribution in [-0.2, 0) is 42.7 Å². The molecule has 0 aromatic carbocycles. The van der Waals surface area contributed by atoms with Crippen molar-refractivity contribution in [3.05, 3.63) is 11.6 Å². The molecule has 24 atom stereocenters. The van der Waals surface area contributed by atoms with Gasteiger partial charge in [-0.25, -0.2) is 0 Å². The van der Waals surface area contributed by atoms with Gasteiger partial charge in [-0.05, 0) is 140 Å². The van der Waals surface area contributed by atoms with Crippen molar-refractivity contribution in [3.8, 4) is 0 Å². The number of rotatable bonds is 11. The second-order valence-electron chi connectivity index (χ2n) is 26.2. The van der Waals surface area contributed by atoms with Crippen molar-refractivity contribution in [1.29, 1.82) is 0 Å². The van der Waals surface area contributed by atoms with Crippen molar-refractivity contribution in [2.75, 3.05) is 19.5 Å². The fourth-order valence-corrected chi connectivity index (χ4v) is 17.6. The number of hydrogen-bond donors (Lipinski definition) is 1. The van der Waals surface area contributed by atoms with Crippen LogP contribution < -0.4 is 0 Å². The second-order valence-corrected chi connectivity index (χ2v) is 26.5. The lowest BCUT2D eigenvalue weighted by Gasteiger charge is -2.72. The number of thiol groups is 1. The van der Waals surface area contributed by atoms with Crippen LogP contribution in [0, 0.1) is 91.7 Å². The highest BCUT2D eigenvalue weighted by Gasteiger charge is 2.71. The maximum atomic E-state index is 14.1. The van der Waals surface area contributed by atoms with Crippen LogP contribution in [0.15, 0.2) is 11.6 Å². The lowest BCUT2D eigenvalue weighted by Crippen LogP contribution is -2.68. The molecule has 0 bridgehead atoms. The highest BCUT2D eigenvalue weighted by molar-refractivity contribution is 7.80. The average molecular weight is 955 g/mol. The Labute approximate surface area is 412 Å². The SMILES string of the molecule is CCC1O[C@@H](OC2[C@H](O[C@H]3CCC4(C)C5CC=C6C7CC(C)(C)CC[C@]7(CS)C(OC)C[C@@]6(C)[C@@]5(C)CC[C@H]4[C@@]3(C)C=O)OC(C(C)=O)[C@@H](C)[C@@H]2O[C@@H]2OC[C@@H](C)[C@H](C)C2C)C(C)[C@@H](C)[C@H]1C. The van der Waals surface area contributed by atoms with Crippen molar-refractivity contribution in [2.24, 2.45) is 91.7 Å². The lowest BCUT2D eigenvalue weighted by molar-refractivity contribution is -0.374. The Hall–Kier alpha value is -0.850. The molecule has 9 nitrogen and oxygen atoms in total. The maximum absolute atomic E-state index is 14.1. The van der Waals surface area contributed by atoms with Gasteiger partial charge in [0.25, 0.3) is 0 Å². The maximum Gasteiger partial charge on any atom is 0.187 e. The number of fused-ring (bicyclic) bond motifs is 7. The molecule has 3 saturated heterocycles. The molecule has 3 aliphatic heterocycles. The van der Waals surface area contributed by atoms with Gasteiger partial charge in [0.2, 0.25) is 0 Å². The largest absolute Gasteiger partial charge is 0.381 e. The third-order valence-corrected chi connectivity index (χ3v) is 23.1. The third-order valence-electron chi connectivity index (χ3n) is 22.6. The number of carbonyl (C=O) groups excluding carboxylic acids is 2. The molecule has 67 heavy (non-hydrogen) atoms. The fourth-order valence-electron chi connectivity index (χ4n) is 17.0. The zero-order chi connectivity index (χ0) is 49.0. The number of carbonyl (C=O) groups is 2. The molecule has 10 heteroatoms. The van der Waals surface area contributed by atoms with E-state index in [1.165, 1.54) is 19.1 Å². The van der Waals surface area contributed by atoms with Crippen LogP contribution >= 0.6 is 12.6 Å². The molecular formula is C57H94O9S. The Morgan fingerprint density at radius 1 is 0.761 bits per heavy atom. The first-order valence-corrected chi connectivity index (χ1v) is 27.7. The number of methoxy groups -OCH3 is 1. The molecule has 0 N–H and O–H groups in total. The first-order chi connectivity index (χ1) is 31.4. The first-order valence-electron chi connectivity index (χ1n) is 27.1. The molecule has 8 aliphatic rings. The highest BCUT2D eigenvalue weighted by Crippen LogP contribution is 2.76. The molecule has 0 aromatic rings. The van der Waals surface area contributed by atoms with Gasteiger partial charge in [-0.2, -0.15) is 12.6 Å². The van der Waals surface area contributed by atoms with E-state index in [-0.39, 0.29) is 68.7 Å². The quantitative estimate of drug-likeness (QED) is 0.0939. The predicted octanol–water partition coefficient (Wildman–Crippen LogP) is 11.9. The van der Waals surface area contributed by atoms with E-state index >= 15 is 0 Å². The summed E-state index contributed by atoms with van der Waals surface area (Å²) in [6.07, 6.45) is 9.61. The molecule has 382 valence electrons. The van der Waals surface area contributed by atoms with Crippen LogP contribution in [0.2, 0.25) is 0 Å². The summed E-state index contributed by atoms with van der Waals surface area (Å²) in [5.74, 6) is 3.07. The van der Waals surface area contributed by atoms with Gasteiger partial charge in [-0.1, -0.05) is 109 Å². The summed E-state index contributed by atoms with van der Waals surface area (Å²) < 4.78 is 48.6. The minimum atomic E-state index is -0.975. The summed E-state index contributed by atoms with van der Waals surface area (Å²) in [6.45, 7) is 34.7. The summed E-state index contributed by atoms with van der Waals surface area (Å²) in [5, 5.41) is 0. The number of ketones is 1. The molecule has 3 heterocycles. The van der Waals surface area contributed by atoms with Crippen LogP contribution in [0.3, 0.4) is 0 Å². The van der Waals surface area contributed by atoms with Crippen LogP contribution in [0.5, 0.6) is 0 Å². The van der Waals surface area contributed by atoms with Crippen molar-refractivity contribution < 1.29 is 42.7 Å². The zero-order valence-corrected chi connectivity index (χ0v) is 45.6. The van der Waals surface area contributed by atoms with Crippen LogP contribution in [0.4, 0.5) is 0 Å². The summed E-state index contributed by atoms with van der Waals surface area (Å²) in [6, 6.07) is 0. The molecular weight excluding hydrogens is 861 g/mol. The summed E-state index contributed by atoms with van der Waals surface area (Å²) in [5.41, 5.74) is 1.07.